The van der Waals surface area contributed by atoms with Crippen molar-refractivity contribution >= 4 is 22.9 Å². The average molecular weight is 375 g/mol. The highest BCUT2D eigenvalue weighted by Crippen LogP contribution is 2.23. The summed E-state index contributed by atoms with van der Waals surface area (Å²) in [5, 5.41) is 6.25. The fourth-order valence-electron chi connectivity index (χ4n) is 3.40. The molecular weight excluding hydrogens is 348 g/mol. The van der Waals surface area contributed by atoms with Gasteiger partial charge in [-0.2, -0.15) is 5.10 Å². The number of hydrogen-bond donors (Lipinski definition) is 0. The maximum absolute atomic E-state index is 12.8. The fraction of sp³-hybridized carbons (Fsp3) is 0.526. The topological polar surface area (TPSA) is 58.4 Å². The number of likely N-dealkylation sites (tertiary alicyclic amines) is 1. The van der Waals surface area contributed by atoms with Gasteiger partial charge in [0.05, 0.1) is 11.9 Å². The van der Waals surface area contributed by atoms with Gasteiger partial charge in [0.25, 0.3) is 5.56 Å². The maximum atomic E-state index is 12.8. The first-order valence-corrected chi connectivity index (χ1v) is 9.99. The van der Waals surface area contributed by atoms with Gasteiger partial charge in [-0.25, -0.2) is 4.68 Å². The smallest absolute Gasteiger partial charge is 0.269 e. The van der Waals surface area contributed by atoms with Crippen LogP contribution in [-0.2, 0) is 17.8 Å². The second-order valence-corrected chi connectivity index (χ2v) is 7.99. The molecule has 0 N–H and O–H groups in total. The Morgan fingerprint density at radius 2 is 2.23 bits per heavy atom. The molecule has 0 saturated carbocycles. The molecule has 6 nitrogen and oxygen atoms in total. The van der Waals surface area contributed by atoms with Crippen LogP contribution < -0.4 is 10.5 Å². The Hall–Kier alpha value is -2.15. The zero-order valence-corrected chi connectivity index (χ0v) is 16.2. The van der Waals surface area contributed by atoms with Gasteiger partial charge in [-0.3, -0.25) is 9.59 Å². The Labute approximate surface area is 158 Å². The number of carbonyl (C=O) groups is 1. The number of amides is 1. The van der Waals surface area contributed by atoms with E-state index >= 15 is 0 Å². The molecule has 0 aromatic carbocycles. The first-order chi connectivity index (χ1) is 12.5. The van der Waals surface area contributed by atoms with Gasteiger partial charge in [-0.15, -0.1) is 11.3 Å². The average Bonchev–Trinajstić information content (AvgIpc) is 3.15. The van der Waals surface area contributed by atoms with E-state index in [9.17, 15) is 9.59 Å². The Kier molecular flexibility index (Phi) is 6.08. The van der Waals surface area contributed by atoms with Crippen LogP contribution >= 0.6 is 11.3 Å². The lowest BCUT2D eigenvalue weighted by Gasteiger charge is -2.36. The van der Waals surface area contributed by atoms with Gasteiger partial charge in [0, 0.05) is 37.6 Å². The van der Waals surface area contributed by atoms with Crippen molar-refractivity contribution in [2.75, 3.05) is 25.5 Å². The van der Waals surface area contributed by atoms with E-state index in [1.54, 1.807) is 17.5 Å². The minimum atomic E-state index is -0.239. The highest BCUT2D eigenvalue weighted by Gasteiger charge is 2.27. The highest BCUT2D eigenvalue weighted by atomic mass is 32.1. The third-order valence-corrected chi connectivity index (χ3v) is 5.84. The van der Waals surface area contributed by atoms with Crippen LogP contribution in [0.2, 0.25) is 0 Å². The SMILES string of the molecule is CN(C)c1cnn(CC(=O)N2CCCCC2CCc2cccs2)c(=O)c1. The number of rotatable bonds is 6. The first-order valence-electron chi connectivity index (χ1n) is 9.11. The third-order valence-electron chi connectivity index (χ3n) is 4.91. The molecule has 140 valence electrons. The van der Waals surface area contributed by atoms with Crippen LogP contribution in [0.25, 0.3) is 0 Å². The minimum Gasteiger partial charge on any atom is -0.376 e. The molecule has 1 aliphatic heterocycles. The van der Waals surface area contributed by atoms with Gasteiger partial charge in [-0.1, -0.05) is 6.07 Å². The van der Waals surface area contributed by atoms with Gasteiger partial charge in [0.2, 0.25) is 5.91 Å². The Morgan fingerprint density at radius 1 is 1.38 bits per heavy atom. The van der Waals surface area contributed by atoms with E-state index in [0.29, 0.717) is 0 Å². The summed E-state index contributed by atoms with van der Waals surface area (Å²) in [5.41, 5.74) is 0.502. The van der Waals surface area contributed by atoms with Crippen molar-refractivity contribution in [1.29, 1.82) is 0 Å². The monoisotopic (exact) mass is 374 g/mol. The van der Waals surface area contributed by atoms with Crippen molar-refractivity contribution in [2.45, 2.75) is 44.7 Å². The molecule has 1 fully saturated rings. The van der Waals surface area contributed by atoms with Gasteiger partial charge in [0.15, 0.2) is 0 Å². The van der Waals surface area contributed by atoms with E-state index in [4.69, 9.17) is 0 Å². The molecule has 2 aromatic rings. The van der Waals surface area contributed by atoms with Crippen molar-refractivity contribution in [3.63, 3.8) is 0 Å². The zero-order chi connectivity index (χ0) is 18.5. The van der Waals surface area contributed by atoms with Gasteiger partial charge >= 0.3 is 0 Å². The summed E-state index contributed by atoms with van der Waals surface area (Å²) in [5.74, 6) is -0.00640. The molecule has 1 saturated heterocycles. The molecule has 1 atom stereocenters. The Morgan fingerprint density at radius 3 is 2.92 bits per heavy atom. The van der Waals surface area contributed by atoms with Gasteiger partial charge in [0.1, 0.15) is 6.54 Å². The molecule has 3 rings (SSSR count). The molecule has 3 heterocycles. The van der Waals surface area contributed by atoms with Crippen LogP contribution in [0.1, 0.15) is 30.6 Å². The predicted octanol–water partition coefficient (Wildman–Crippen LogP) is 2.38. The minimum absolute atomic E-state index is 0.00640. The van der Waals surface area contributed by atoms with Crippen LogP contribution in [0.5, 0.6) is 0 Å². The fourth-order valence-corrected chi connectivity index (χ4v) is 4.12. The molecule has 1 aliphatic rings. The number of aryl methyl sites for hydroxylation is 1. The number of anilines is 1. The lowest BCUT2D eigenvalue weighted by molar-refractivity contribution is -0.136. The summed E-state index contributed by atoms with van der Waals surface area (Å²) in [6, 6.07) is 5.99. The van der Waals surface area contributed by atoms with Crippen LogP contribution in [-0.4, -0.2) is 47.3 Å². The third kappa shape index (κ3) is 4.52. The number of carbonyl (C=O) groups excluding carboxylic acids is 1. The molecule has 26 heavy (non-hydrogen) atoms. The normalized spacial score (nSPS) is 17.3. The van der Waals surface area contributed by atoms with E-state index in [0.717, 1.165) is 44.3 Å². The summed E-state index contributed by atoms with van der Waals surface area (Å²) in [6.45, 7) is 0.792. The van der Waals surface area contributed by atoms with Crippen molar-refractivity contribution in [1.82, 2.24) is 14.7 Å². The van der Waals surface area contributed by atoms with Gasteiger partial charge < -0.3 is 9.80 Å². The van der Waals surface area contributed by atoms with Gasteiger partial charge in [-0.05, 0) is 43.6 Å². The number of piperidine rings is 1. The molecule has 0 bridgehead atoms. The van der Waals surface area contributed by atoms with Crippen molar-refractivity contribution in [2.24, 2.45) is 0 Å². The standard InChI is InChI=1S/C19H26N4O2S/c1-21(2)16-12-18(24)23(20-13-16)14-19(25)22-10-4-3-6-15(22)8-9-17-7-5-11-26-17/h5,7,11-13,15H,3-4,6,8-10,14H2,1-2H3. The van der Waals surface area contributed by atoms with Crippen LogP contribution in [0.3, 0.4) is 0 Å². The number of nitrogens with zero attached hydrogens (tertiary/aromatic N) is 4. The van der Waals surface area contributed by atoms with E-state index in [1.807, 2.05) is 23.9 Å². The largest absolute Gasteiger partial charge is 0.376 e. The summed E-state index contributed by atoms with van der Waals surface area (Å²) < 4.78 is 1.26. The summed E-state index contributed by atoms with van der Waals surface area (Å²) in [7, 11) is 3.72. The van der Waals surface area contributed by atoms with Crippen molar-refractivity contribution in [3.8, 4) is 0 Å². The number of hydrogen-bond acceptors (Lipinski definition) is 5. The molecule has 2 aromatic heterocycles. The van der Waals surface area contributed by atoms with E-state index in [2.05, 4.69) is 22.6 Å². The van der Waals surface area contributed by atoms with Crippen LogP contribution in [0.4, 0.5) is 5.69 Å². The zero-order valence-electron chi connectivity index (χ0n) is 15.4. The lowest BCUT2D eigenvalue weighted by atomic mass is 9.97. The highest BCUT2D eigenvalue weighted by molar-refractivity contribution is 7.09. The second kappa shape index (κ2) is 8.49. The van der Waals surface area contributed by atoms with E-state index in [-0.39, 0.29) is 24.1 Å². The van der Waals surface area contributed by atoms with Crippen LogP contribution in [0, 0.1) is 0 Å². The molecule has 0 radical (unpaired) electrons. The van der Waals surface area contributed by atoms with E-state index < -0.39 is 0 Å². The Bertz CT molecular complexity index is 785. The molecule has 1 unspecified atom stereocenters. The molecule has 7 heteroatoms. The second-order valence-electron chi connectivity index (χ2n) is 6.96. The number of aromatic nitrogens is 2. The predicted molar refractivity (Wildman–Crippen MR) is 105 cm³/mol. The van der Waals surface area contributed by atoms with Crippen LogP contribution in [0.15, 0.2) is 34.6 Å². The summed E-state index contributed by atoms with van der Waals surface area (Å²) in [4.78, 5) is 30.2. The molecule has 0 aliphatic carbocycles. The summed E-state index contributed by atoms with van der Waals surface area (Å²) >= 11 is 1.77. The Balaban J connectivity index is 1.65. The number of thiophene rings is 1. The molecule has 0 spiro atoms. The molecule has 1 amide bonds. The van der Waals surface area contributed by atoms with Crippen molar-refractivity contribution in [3.05, 3.63) is 45.0 Å². The first kappa shape index (κ1) is 18.6. The quantitative estimate of drug-likeness (QED) is 0.779. The molecular formula is C19H26N4O2S. The van der Waals surface area contributed by atoms with Crippen molar-refractivity contribution < 1.29 is 4.79 Å². The summed E-state index contributed by atoms with van der Waals surface area (Å²) in [6.07, 6.45) is 6.84. The van der Waals surface area contributed by atoms with E-state index in [1.165, 1.54) is 15.6 Å². The lowest BCUT2D eigenvalue weighted by Crippen LogP contribution is -2.46. The maximum Gasteiger partial charge on any atom is 0.269 e.